The van der Waals surface area contributed by atoms with Gasteiger partial charge in [0, 0.05) is 35.8 Å². The van der Waals surface area contributed by atoms with Crippen LogP contribution < -0.4 is 10.7 Å². The number of amides is 2. The van der Waals surface area contributed by atoms with Gasteiger partial charge in [0.1, 0.15) is 6.04 Å². The number of carbonyl (C=O) groups excluding carboxylic acids is 3. The molecule has 1 aliphatic heterocycles. The van der Waals surface area contributed by atoms with Gasteiger partial charge in [-0.15, -0.1) is 5.10 Å². The minimum atomic E-state index is -1.15. The maximum Gasteiger partial charge on any atom is 0.310 e. The topological polar surface area (TPSA) is 90.9 Å². The molecule has 2 N–H and O–H groups in total. The van der Waals surface area contributed by atoms with Crippen molar-refractivity contribution >= 4 is 46.1 Å². The molecule has 9 heteroatoms. The van der Waals surface area contributed by atoms with Gasteiger partial charge in [-0.05, 0) is 18.9 Å². The highest BCUT2D eigenvalue weighted by molar-refractivity contribution is 8.14. The summed E-state index contributed by atoms with van der Waals surface area (Å²) in [6.07, 6.45) is 4.68. The van der Waals surface area contributed by atoms with Crippen molar-refractivity contribution in [3.8, 4) is 0 Å². The number of amidine groups is 1. The summed E-state index contributed by atoms with van der Waals surface area (Å²) in [6, 6.07) is 5.58. The molecule has 1 unspecified atom stereocenters. The third-order valence-corrected chi connectivity index (χ3v) is 6.59. The number of hydrogen-bond donors (Lipinski definition) is 2. The third-order valence-electron chi connectivity index (χ3n) is 5.20. The van der Waals surface area contributed by atoms with Gasteiger partial charge in [-0.1, -0.05) is 60.8 Å². The Hall–Kier alpha value is -2.06. The highest BCUT2D eigenvalue weighted by Crippen LogP contribution is 2.27. The second-order valence-electron chi connectivity index (χ2n) is 7.27. The number of ketones is 1. The van der Waals surface area contributed by atoms with Crippen LogP contribution in [0.5, 0.6) is 0 Å². The normalized spacial score (nSPS) is 19.8. The van der Waals surface area contributed by atoms with Gasteiger partial charge in [0.2, 0.25) is 11.7 Å². The maximum atomic E-state index is 12.9. The predicted octanol–water partition coefficient (Wildman–Crippen LogP) is 2.71. The van der Waals surface area contributed by atoms with Gasteiger partial charge in [0.25, 0.3) is 0 Å². The molecule has 0 bridgehead atoms. The quantitative estimate of drug-likeness (QED) is 0.528. The number of Topliss-reactive ketones (excluding diaryl/α,β-unsaturated/α-hetero) is 1. The molecule has 1 aromatic rings. The molecule has 1 saturated heterocycles. The van der Waals surface area contributed by atoms with Crippen LogP contribution in [-0.2, 0) is 14.4 Å². The molecule has 0 spiro atoms. The Morgan fingerprint density at radius 3 is 2.59 bits per heavy atom. The molecule has 3 rings (SSSR count). The number of rotatable bonds is 6. The van der Waals surface area contributed by atoms with Crippen LogP contribution in [0.25, 0.3) is 0 Å². The van der Waals surface area contributed by atoms with Crippen molar-refractivity contribution in [3.05, 3.63) is 34.9 Å². The average molecular weight is 437 g/mol. The highest BCUT2D eigenvalue weighted by Gasteiger charge is 2.32. The predicted molar refractivity (Wildman–Crippen MR) is 115 cm³/mol. The van der Waals surface area contributed by atoms with E-state index in [1.807, 2.05) is 11.9 Å². The zero-order valence-corrected chi connectivity index (χ0v) is 17.9. The Labute approximate surface area is 179 Å². The number of nitrogens with zero attached hydrogens (tertiary/aromatic N) is 2. The van der Waals surface area contributed by atoms with Gasteiger partial charge >= 0.3 is 5.91 Å². The van der Waals surface area contributed by atoms with Crippen LogP contribution in [0.2, 0.25) is 5.02 Å². The average Bonchev–Trinajstić information content (AvgIpc) is 3.15. The first-order chi connectivity index (χ1) is 14.0. The molecule has 7 nitrogen and oxygen atoms in total. The molecular formula is C20H25ClN4O3S. The Morgan fingerprint density at radius 2 is 1.93 bits per heavy atom. The van der Waals surface area contributed by atoms with E-state index in [4.69, 9.17) is 11.6 Å². The first kappa shape index (κ1) is 21.6. The van der Waals surface area contributed by atoms with E-state index >= 15 is 0 Å². The summed E-state index contributed by atoms with van der Waals surface area (Å²) in [7, 11) is 1.86. The first-order valence-corrected chi connectivity index (χ1v) is 11.1. The van der Waals surface area contributed by atoms with E-state index in [2.05, 4.69) is 15.8 Å². The Balaban J connectivity index is 1.76. The molecule has 0 aromatic heterocycles. The van der Waals surface area contributed by atoms with Crippen molar-refractivity contribution in [2.24, 2.45) is 11.0 Å². The monoisotopic (exact) mass is 436 g/mol. The van der Waals surface area contributed by atoms with Crippen molar-refractivity contribution in [1.82, 2.24) is 15.6 Å². The number of nitrogens with one attached hydrogen (secondary N) is 2. The van der Waals surface area contributed by atoms with Gasteiger partial charge in [-0.2, -0.15) is 0 Å². The minimum Gasteiger partial charge on any atom is -0.352 e. The lowest BCUT2D eigenvalue weighted by Gasteiger charge is -2.24. The van der Waals surface area contributed by atoms with Gasteiger partial charge in [-0.3, -0.25) is 14.4 Å². The van der Waals surface area contributed by atoms with Gasteiger partial charge in [0.05, 0.1) is 0 Å². The Kier molecular flexibility index (Phi) is 7.55. The summed E-state index contributed by atoms with van der Waals surface area (Å²) < 4.78 is 0. The van der Waals surface area contributed by atoms with Crippen LogP contribution in [0.1, 0.15) is 43.7 Å². The van der Waals surface area contributed by atoms with Crippen LogP contribution in [-0.4, -0.2) is 47.0 Å². The summed E-state index contributed by atoms with van der Waals surface area (Å²) in [5.41, 5.74) is 2.72. The minimum absolute atomic E-state index is 0.145. The van der Waals surface area contributed by atoms with Crippen molar-refractivity contribution in [1.29, 1.82) is 0 Å². The van der Waals surface area contributed by atoms with E-state index in [-0.39, 0.29) is 11.8 Å². The molecule has 1 aromatic carbocycles. The van der Waals surface area contributed by atoms with Crippen LogP contribution in [0.15, 0.2) is 29.4 Å². The molecule has 2 fully saturated rings. The molecule has 156 valence electrons. The number of benzene rings is 1. The molecule has 2 aliphatic rings. The Bertz CT molecular complexity index is 811. The molecule has 1 atom stereocenters. The maximum absolute atomic E-state index is 12.9. The first-order valence-electron chi connectivity index (χ1n) is 9.78. The molecular weight excluding hydrogens is 412 g/mol. The molecule has 1 saturated carbocycles. The van der Waals surface area contributed by atoms with Crippen molar-refractivity contribution in [2.45, 2.75) is 38.1 Å². The van der Waals surface area contributed by atoms with E-state index in [0.717, 1.165) is 44.4 Å². The number of hydrazone groups is 1. The lowest BCUT2D eigenvalue weighted by Crippen LogP contribution is -2.43. The number of carbonyl (C=O) groups is 3. The van der Waals surface area contributed by atoms with Gasteiger partial charge < -0.3 is 10.2 Å². The third kappa shape index (κ3) is 5.51. The zero-order valence-electron chi connectivity index (χ0n) is 16.3. The van der Waals surface area contributed by atoms with E-state index in [1.54, 1.807) is 24.3 Å². The number of halogens is 1. The zero-order chi connectivity index (χ0) is 20.8. The lowest BCUT2D eigenvalue weighted by molar-refractivity contribution is -0.140. The number of thioether (sulfide) groups is 1. The van der Waals surface area contributed by atoms with E-state index < -0.39 is 17.7 Å². The highest BCUT2D eigenvalue weighted by atomic mass is 35.5. The Morgan fingerprint density at radius 1 is 1.21 bits per heavy atom. The fraction of sp³-hybridized carbons (Fsp3) is 0.500. The summed E-state index contributed by atoms with van der Waals surface area (Å²) in [4.78, 5) is 40.1. The van der Waals surface area contributed by atoms with E-state index in [0.29, 0.717) is 15.8 Å². The summed E-state index contributed by atoms with van der Waals surface area (Å²) in [5.74, 6) is -1.16. The molecule has 2 amide bonds. The van der Waals surface area contributed by atoms with Crippen molar-refractivity contribution < 1.29 is 14.4 Å². The molecule has 29 heavy (non-hydrogen) atoms. The summed E-state index contributed by atoms with van der Waals surface area (Å²) >= 11 is 7.76. The molecule has 0 radical (unpaired) electrons. The smallest absolute Gasteiger partial charge is 0.310 e. The van der Waals surface area contributed by atoms with E-state index in [9.17, 15) is 14.4 Å². The van der Waals surface area contributed by atoms with Crippen LogP contribution in [0.3, 0.4) is 0 Å². The second kappa shape index (κ2) is 10.1. The molecule has 1 heterocycles. The van der Waals surface area contributed by atoms with Crippen LogP contribution in [0.4, 0.5) is 0 Å². The van der Waals surface area contributed by atoms with Crippen molar-refractivity contribution in [2.75, 3.05) is 19.3 Å². The SMILES string of the molecule is CN1CCSC1=NNC(=O)C(=O)C(NC(=O)C1CCCCC1)c1ccccc1Cl. The van der Waals surface area contributed by atoms with Crippen LogP contribution >= 0.6 is 23.4 Å². The second-order valence-corrected chi connectivity index (χ2v) is 8.74. The van der Waals surface area contributed by atoms with E-state index in [1.165, 1.54) is 11.8 Å². The van der Waals surface area contributed by atoms with Gasteiger partial charge in [-0.25, -0.2) is 5.43 Å². The summed E-state index contributed by atoms with van der Waals surface area (Å²) in [6.45, 7) is 0.826. The largest absolute Gasteiger partial charge is 0.352 e. The van der Waals surface area contributed by atoms with Gasteiger partial charge in [0.15, 0.2) is 5.17 Å². The lowest BCUT2D eigenvalue weighted by atomic mass is 9.88. The number of hydrogen-bond acceptors (Lipinski definition) is 5. The molecule has 1 aliphatic carbocycles. The standard InChI is InChI=1S/C20H25ClN4O3S/c1-25-11-12-29-20(25)24-23-19(28)17(26)16(14-9-5-6-10-15(14)21)22-18(27)13-7-3-2-4-8-13/h5-6,9-10,13,16H,2-4,7-8,11-12H2,1H3,(H,22,27)(H,23,28). The summed E-state index contributed by atoms with van der Waals surface area (Å²) in [5, 5.41) is 7.76. The fourth-order valence-corrected chi connectivity index (χ4v) is 4.72. The van der Waals surface area contributed by atoms with Crippen molar-refractivity contribution in [3.63, 3.8) is 0 Å². The fourth-order valence-electron chi connectivity index (χ4n) is 3.50. The van der Waals surface area contributed by atoms with Crippen LogP contribution in [0, 0.1) is 5.92 Å².